The molecule has 3 aromatic rings. The molecular weight excluding hydrogens is 476 g/mol. The fraction of sp³-hybridized carbons (Fsp3) is 0.250. The molecule has 0 radical (unpaired) electrons. The molecule has 0 bridgehead atoms. The average Bonchev–Trinajstić information content (AvgIpc) is 3.36. The van der Waals surface area contributed by atoms with E-state index in [9.17, 15) is 4.79 Å². The molecule has 1 unspecified atom stereocenters. The number of carboxylic acid groups (broad SMARTS) is 2. The van der Waals surface area contributed by atoms with E-state index in [0.29, 0.717) is 12.2 Å². The minimum absolute atomic E-state index is 0.0217. The number of carboxylic acids is 2. The molecule has 9 nitrogen and oxygen atoms in total. The van der Waals surface area contributed by atoms with Gasteiger partial charge in [0.2, 0.25) is 0 Å². The fourth-order valence-electron chi connectivity index (χ4n) is 3.81. The largest absolute Gasteiger partial charge is 0.473 e. The zero-order valence-electron chi connectivity index (χ0n) is 20.2. The van der Waals surface area contributed by atoms with E-state index >= 15 is 0 Å². The lowest BCUT2D eigenvalue weighted by molar-refractivity contribution is -0.159. The van der Waals surface area contributed by atoms with Crippen molar-refractivity contribution in [3.8, 4) is 0 Å². The van der Waals surface area contributed by atoms with Crippen LogP contribution in [-0.4, -0.2) is 58.8 Å². The highest BCUT2D eigenvalue weighted by atomic mass is 16.6. The van der Waals surface area contributed by atoms with Crippen molar-refractivity contribution < 1.29 is 34.2 Å². The standard InChI is InChI=1S/C26H28N2O3.C2H2O4/c29-26(23-14-8-3-9-15-23)31-24-16-17-28(18-24)19-25(22-12-6-2-7-13-22)27-30-20-21-10-4-1-5-11-21;3-1(4)2(5)6/h1-15,24-25,27H,16-20H2;(H,3,4)(H,5,6)/t24?,25-;/m1./s1. The number of likely N-dealkylation sites (tertiary alicyclic amines) is 1. The summed E-state index contributed by atoms with van der Waals surface area (Å²) in [5.41, 5.74) is 6.13. The molecule has 1 saturated heterocycles. The van der Waals surface area contributed by atoms with E-state index in [1.807, 2.05) is 66.7 Å². The summed E-state index contributed by atoms with van der Waals surface area (Å²) in [5, 5.41) is 14.8. The maximum absolute atomic E-state index is 12.4. The third-order valence-corrected chi connectivity index (χ3v) is 5.65. The summed E-state index contributed by atoms with van der Waals surface area (Å²) in [7, 11) is 0. The van der Waals surface area contributed by atoms with Gasteiger partial charge in [0, 0.05) is 19.6 Å². The number of esters is 1. The number of benzene rings is 3. The highest BCUT2D eigenvalue weighted by Gasteiger charge is 2.28. The smallest absolute Gasteiger partial charge is 0.414 e. The summed E-state index contributed by atoms with van der Waals surface area (Å²) in [6.45, 7) is 2.89. The monoisotopic (exact) mass is 506 g/mol. The molecular formula is C28H30N2O7. The molecule has 2 atom stereocenters. The summed E-state index contributed by atoms with van der Waals surface area (Å²) in [4.78, 5) is 38.7. The number of nitrogens with one attached hydrogen (secondary N) is 1. The van der Waals surface area contributed by atoms with Crippen LogP contribution in [0.3, 0.4) is 0 Å². The van der Waals surface area contributed by atoms with E-state index in [2.05, 4.69) is 22.5 Å². The van der Waals surface area contributed by atoms with Crippen LogP contribution in [0.1, 0.15) is 33.9 Å². The van der Waals surface area contributed by atoms with E-state index in [0.717, 1.165) is 31.6 Å². The van der Waals surface area contributed by atoms with Gasteiger partial charge in [0.05, 0.1) is 18.2 Å². The quantitative estimate of drug-likeness (QED) is 0.227. The molecule has 0 aliphatic carbocycles. The lowest BCUT2D eigenvalue weighted by atomic mass is 10.1. The second-order valence-corrected chi connectivity index (χ2v) is 8.41. The fourth-order valence-corrected chi connectivity index (χ4v) is 3.81. The molecule has 9 heteroatoms. The van der Waals surface area contributed by atoms with Crippen LogP contribution in [0.25, 0.3) is 0 Å². The Balaban J connectivity index is 0.000000568. The molecule has 1 fully saturated rings. The minimum atomic E-state index is -1.82. The molecule has 3 aromatic carbocycles. The predicted molar refractivity (Wildman–Crippen MR) is 136 cm³/mol. The number of hydrogen-bond acceptors (Lipinski definition) is 7. The topological polar surface area (TPSA) is 125 Å². The zero-order chi connectivity index (χ0) is 26.5. The Morgan fingerprint density at radius 1 is 0.865 bits per heavy atom. The highest BCUT2D eigenvalue weighted by molar-refractivity contribution is 6.27. The van der Waals surface area contributed by atoms with Crippen LogP contribution in [0.2, 0.25) is 0 Å². The Labute approximate surface area is 215 Å². The van der Waals surface area contributed by atoms with Crippen LogP contribution in [-0.2, 0) is 25.8 Å². The van der Waals surface area contributed by atoms with Crippen molar-refractivity contribution in [1.29, 1.82) is 0 Å². The molecule has 0 amide bonds. The molecule has 0 aromatic heterocycles. The average molecular weight is 507 g/mol. The predicted octanol–water partition coefficient (Wildman–Crippen LogP) is 3.54. The first-order chi connectivity index (χ1) is 17.9. The minimum Gasteiger partial charge on any atom is -0.473 e. The number of carbonyl (C=O) groups excluding carboxylic acids is 1. The van der Waals surface area contributed by atoms with Gasteiger partial charge < -0.3 is 14.9 Å². The van der Waals surface area contributed by atoms with Gasteiger partial charge in [-0.25, -0.2) is 14.4 Å². The van der Waals surface area contributed by atoms with Crippen LogP contribution in [0.5, 0.6) is 0 Å². The Kier molecular flexibility index (Phi) is 10.8. The molecule has 194 valence electrons. The summed E-state index contributed by atoms with van der Waals surface area (Å²) in [5.74, 6) is -3.90. The number of carbonyl (C=O) groups is 3. The van der Waals surface area contributed by atoms with E-state index in [1.165, 1.54) is 5.56 Å². The van der Waals surface area contributed by atoms with Crippen molar-refractivity contribution in [2.75, 3.05) is 19.6 Å². The molecule has 1 aliphatic rings. The first-order valence-corrected chi connectivity index (χ1v) is 11.8. The highest BCUT2D eigenvalue weighted by Crippen LogP contribution is 2.20. The van der Waals surface area contributed by atoms with Crippen LogP contribution >= 0.6 is 0 Å². The second-order valence-electron chi connectivity index (χ2n) is 8.41. The number of rotatable bonds is 9. The van der Waals surface area contributed by atoms with Gasteiger partial charge in [0.15, 0.2) is 0 Å². The van der Waals surface area contributed by atoms with E-state index in [-0.39, 0.29) is 18.1 Å². The van der Waals surface area contributed by atoms with Gasteiger partial charge in [0.1, 0.15) is 6.10 Å². The van der Waals surface area contributed by atoms with Gasteiger partial charge in [-0.3, -0.25) is 9.74 Å². The van der Waals surface area contributed by atoms with Crippen molar-refractivity contribution >= 4 is 17.9 Å². The van der Waals surface area contributed by atoms with Crippen LogP contribution in [0.15, 0.2) is 91.0 Å². The van der Waals surface area contributed by atoms with Gasteiger partial charge in [-0.15, -0.1) is 0 Å². The summed E-state index contributed by atoms with van der Waals surface area (Å²) >= 11 is 0. The molecule has 1 aliphatic heterocycles. The normalized spacial score (nSPS) is 15.7. The second kappa shape index (κ2) is 14.5. The summed E-state index contributed by atoms with van der Waals surface area (Å²) in [6, 6.07) is 29.6. The van der Waals surface area contributed by atoms with Crippen LogP contribution in [0.4, 0.5) is 0 Å². The molecule has 0 saturated carbocycles. The lowest BCUT2D eigenvalue weighted by Gasteiger charge is -2.25. The van der Waals surface area contributed by atoms with Gasteiger partial charge in [-0.1, -0.05) is 78.9 Å². The number of nitrogens with zero attached hydrogens (tertiary/aromatic N) is 1. The Morgan fingerprint density at radius 3 is 2.03 bits per heavy atom. The Morgan fingerprint density at radius 2 is 1.43 bits per heavy atom. The Bertz CT molecular complexity index is 1120. The maximum atomic E-state index is 12.4. The summed E-state index contributed by atoms with van der Waals surface area (Å²) in [6.07, 6.45) is 0.750. The third-order valence-electron chi connectivity index (χ3n) is 5.65. The van der Waals surface area contributed by atoms with Gasteiger partial charge in [-0.2, -0.15) is 5.48 Å². The first kappa shape index (κ1) is 27.5. The SMILES string of the molecule is O=C(O)C(=O)O.O=C(OC1CCN(C[C@@H](NOCc2ccccc2)c2ccccc2)C1)c1ccccc1. The molecule has 4 rings (SSSR count). The third kappa shape index (κ3) is 9.49. The number of ether oxygens (including phenoxy) is 1. The zero-order valence-corrected chi connectivity index (χ0v) is 20.2. The molecule has 0 spiro atoms. The number of aliphatic carboxylic acids is 2. The Hall–Kier alpha value is -4.05. The number of hydroxylamine groups is 1. The van der Waals surface area contributed by atoms with E-state index in [1.54, 1.807) is 12.1 Å². The lowest BCUT2D eigenvalue weighted by Crippen LogP contribution is -2.35. The summed E-state index contributed by atoms with van der Waals surface area (Å²) < 4.78 is 5.72. The van der Waals surface area contributed by atoms with Crippen molar-refractivity contribution in [3.05, 3.63) is 108 Å². The first-order valence-electron chi connectivity index (χ1n) is 11.8. The number of hydrogen-bond donors (Lipinski definition) is 3. The molecule has 3 N–H and O–H groups in total. The molecule has 1 heterocycles. The van der Waals surface area contributed by atoms with E-state index < -0.39 is 11.9 Å². The van der Waals surface area contributed by atoms with Crippen molar-refractivity contribution in [1.82, 2.24) is 10.4 Å². The van der Waals surface area contributed by atoms with Gasteiger partial charge >= 0.3 is 17.9 Å². The van der Waals surface area contributed by atoms with Gasteiger partial charge in [-0.05, 0) is 29.7 Å². The van der Waals surface area contributed by atoms with E-state index in [4.69, 9.17) is 29.4 Å². The van der Waals surface area contributed by atoms with Gasteiger partial charge in [0.25, 0.3) is 0 Å². The van der Waals surface area contributed by atoms with Crippen molar-refractivity contribution in [2.24, 2.45) is 0 Å². The van der Waals surface area contributed by atoms with Crippen LogP contribution < -0.4 is 5.48 Å². The van der Waals surface area contributed by atoms with Crippen LogP contribution in [0, 0.1) is 0 Å². The molecule has 37 heavy (non-hydrogen) atoms. The maximum Gasteiger partial charge on any atom is 0.414 e. The van der Waals surface area contributed by atoms with Crippen molar-refractivity contribution in [3.63, 3.8) is 0 Å². The van der Waals surface area contributed by atoms with Crippen molar-refractivity contribution in [2.45, 2.75) is 25.2 Å².